The zero-order valence-corrected chi connectivity index (χ0v) is 14.1. The number of pyridine rings is 2. The number of carbonyl (C=O) groups is 1. The number of rotatable bonds is 3. The monoisotopic (exact) mass is 336 g/mol. The molecule has 1 amide bonds. The lowest BCUT2D eigenvalue weighted by Crippen LogP contribution is -2.43. The summed E-state index contributed by atoms with van der Waals surface area (Å²) < 4.78 is 1.76. The summed E-state index contributed by atoms with van der Waals surface area (Å²) >= 11 is 0. The summed E-state index contributed by atoms with van der Waals surface area (Å²) in [7, 11) is 1.88. The first-order chi connectivity index (χ1) is 12.2. The Kier molecular flexibility index (Phi) is 4.15. The van der Waals surface area contributed by atoms with E-state index >= 15 is 0 Å². The van der Waals surface area contributed by atoms with Crippen LogP contribution in [0.4, 0.5) is 5.82 Å². The molecule has 1 aliphatic heterocycles. The van der Waals surface area contributed by atoms with Crippen molar-refractivity contribution in [1.29, 1.82) is 0 Å². The van der Waals surface area contributed by atoms with E-state index in [4.69, 9.17) is 0 Å². The van der Waals surface area contributed by atoms with E-state index in [1.807, 2.05) is 37.8 Å². The van der Waals surface area contributed by atoms with Crippen molar-refractivity contribution >= 4 is 22.6 Å². The molecule has 0 radical (unpaired) electrons. The summed E-state index contributed by atoms with van der Waals surface area (Å²) in [5.41, 5.74) is 2.78. The Morgan fingerprint density at radius 2 is 2.12 bits per heavy atom. The maximum atomic E-state index is 12.4. The average Bonchev–Trinajstić information content (AvgIpc) is 3.08. The van der Waals surface area contributed by atoms with Crippen molar-refractivity contribution in [2.75, 3.05) is 11.9 Å². The number of aryl methyl sites for hydroxylation is 1. The predicted molar refractivity (Wildman–Crippen MR) is 96.0 cm³/mol. The Bertz CT molecular complexity index is 913. The first kappa shape index (κ1) is 15.7. The molecule has 0 saturated carbocycles. The fraction of sp³-hybridized carbons (Fsp3) is 0.333. The number of amides is 1. The topological polar surface area (TPSA) is 84.7 Å². The lowest BCUT2D eigenvalue weighted by molar-refractivity contribution is -0.118. The van der Waals surface area contributed by atoms with E-state index in [2.05, 4.69) is 25.7 Å². The Hall–Kier alpha value is -2.80. The third-order valence-electron chi connectivity index (χ3n) is 4.48. The van der Waals surface area contributed by atoms with Gasteiger partial charge in [-0.15, -0.1) is 0 Å². The van der Waals surface area contributed by atoms with Gasteiger partial charge in [0.1, 0.15) is 5.82 Å². The average molecular weight is 336 g/mol. The third-order valence-corrected chi connectivity index (χ3v) is 4.48. The number of carbonyl (C=O) groups excluding carboxylic acids is 1. The van der Waals surface area contributed by atoms with E-state index in [0.29, 0.717) is 5.82 Å². The Morgan fingerprint density at radius 1 is 1.20 bits per heavy atom. The van der Waals surface area contributed by atoms with Gasteiger partial charge in [-0.2, -0.15) is 5.10 Å². The molecule has 0 aromatic carbocycles. The van der Waals surface area contributed by atoms with E-state index < -0.39 is 0 Å². The summed E-state index contributed by atoms with van der Waals surface area (Å²) in [5.74, 6) is 0.526. The molecule has 7 nitrogen and oxygen atoms in total. The van der Waals surface area contributed by atoms with Gasteiger partial charge in [0.25, 0.3) is 0 Å². The summed E-state index contributed by atoms with van der Waals surface area (Å²) in [6, 6.07) is 3.77. The number of anilines is 1. The number of hydrogen-bond donors (Lipinski definition) is 2. The van der Waals surface area contributed by atoms with Gasteiger partial charge in [0, 0.05) is 36.0 Å². The highest BCUT2D eigenvalue weighted by Gasteiger charge is 2.20. The van der Waals surface area contributed by atoms with Crippen molar-refractivity contribution in [3.63, 3.8) is 0 Å². The quantitative estimate of drug-likeness (QED) is 0.765. The molecule has 4 heterocycles. The van der Waals surface area contributed by atoms with Crippen molar-refractivity contribution in [3.8, 4) is 11.1 Å². The molecule has 25 heavy (non-hydrogen) atoms. The molecular weight excluding hydrogens is 316 g/mol. The lowest BCUT2D eigenvalue weighted by atomic mass is 10.0. The van der Waals surface area contributed by atoms with Crippen LogP contribution < -0.4 is 10.6 Å². The Morgan fingerprint density at radius 3 is 2.88 bits per heavy atom. The fourth-order valence-electron chi connectivity index (χ4n) is 3.12. The minimum Gasteiger partial charge on any atom is -0.309 e. The maximum Gasteiger partial charge on any atom is 0.242 e. The van der Waals surface area contributed by atoms with Crippen molar-refractivity contribution in [3.05, 3.63) is 36.9 Å². The number of nitrogens with one attached hydrogen (secondary N) is 2. The highest BCUT2D eigenvalue weighted by atomic mass is 16.2. The predicted octanol–water partition coefficient (Wildman–Crippen LogP) is 2.11. The first-order valence-corrected chi connectivity index (χ1v) is 8.48. The summed E-state index contributed by atoms with van der Waals surface area (Å²) in [6.45, 7) is 0.891. The number of fused-ring (bicyclic) bond motifs is 1. The van der Waals surface area contributed by atoms with Crippen LogP contribution in [0.15, 0.2) is 36.9 Å². The first-order valence-electron chi connectivity index (χ1n) is 8.48. The van der Waals surface area contributed by atoms with Gasteiger partial charge in [0.2, 0.25) is 5.91 Å². The molecule has 1 saturated heterocycles. The highest BCUT2D eigenvalue weighted by molar-refractivity contribution is 5.96. The molecule has 0 aliphatic carbocycles. The van der Waals surface area contributed by atoms with Crippen LogP contribution in [0, 0.1) is 0 Å². The van der Waals surface area contributed by atoms with Gasteiger partial charge < -0.3 is 10.6 Å². The standard InChI is InChI=1S/C18H20N6O/c1-24-11-14(9-22-24)13-6-12-7-17(21-10-16(12)20-8-13)23-18(25)15-4-2-3-5-19-15/h6-11,15,19H,2-5H2,1H3,(H,21,23,25). The lowest BCUT2D eigenvalue weighted by Gasteiger charge is -2.22. The summed E-state index contributed by atoms with van der Waals surface area (Å²) in [6.07, 6.45) is 10.3. The van der Waals surface area contributed by atoms with Crippen molar-refractivity contribution < 1.29 is 4.79 Å². The number of hydrogen-bond acceptors (Lipinski definition) is 5. The number of aromatic nitrogens is 4. The largest absolute Gasteiger partial charge is 0.309 e. The molecular formula is C18H20N6O. The molecule has 1 atom stereocenters. The van der Waals surface area contributed by atoms with Gasteiger partial charge in [-0.05, 0) is 31.5 Å². The smallest absolute Gasteiger partial charge is 0.242 e. The molecule has 1 unspecified atom stereocenters. The van der Waals surface area contributed by atoms with Crippen LogP contribution in [0.5, 0.6) is 0 Å². The minimum absolute atomic E-state index is 0.0251. The highest BCUT2D eigenvalue weighted by Crippen LogP contribution is 2.23. The normalized spacial score (nSPS) is 17.6. The van der Waals surface area contributed by atoms with Crippen molar-refractivity contribution in [2.45, 2.75) is 25.3 Å². The molecule has 0 spiro atoms. The van der Waals surface area contributed by atoms with Gasteiger partial charge in [0.15, 0.2) is 0 Å². The van der Waals surface area contributed by atoms with Crippen LogP contribution in [-0.4, -0.2) is 38.2 Å². The molecule has 3 aromatic rings. The van der Waals surface area contributed by atoms with Gasteiger partial charge in [-0.1, -0.05) is 6.42 Å². The van der Waals surface area contributed by atoms with E-state index in [1.165, 1.54) is 0 Å². The van der Waals surface area contributed by atoms with Gasteiger partial charge in [-0.25, -0.2) is 4.98 Å². The summed E-state index contributed by atoms with van der Waals surface area (Å²) in [5, 5.41) is 11.3. The molecule has 1 aliphatic rings. The number of piperidine rings is 1. The molecule has 7 heteroatoms. The molecule has 4 rings (SSSR count). The van der Waals surface area contributed by atoms with E-state index in [1.54, 1.807) is 10.9 Å². The van der Waals surface area contributed by atoms with E-state index in [0.717, 1.165) is 47.8 Å². The van der Waals surface area contributed by atoms with E-state index in [-0.39, 0.29) is 11.9 Å². The SMILES string of the molecule is Cn1cc(-c2cnc3cnc(NC(=O)C4CCCCN4)cc3c2)cn1. The molecule has 3 aromatic heterocycles. The maximum absolute atomic E-state index is 12.4. The molecule has 1 fully saturated rings. The van der Waals surface area contributed by atoms with Gasteiger partial charge in [0.05, 0.1) is 24.0 Å². The van der Waals surface area contributed by atoms with Crippen LogP contribution >= 0.6 is 0 Å². The zero-order chi connectivity index (χ0) is 17.2. The second kappa shape index (κ2) is 6.60. The van der Waals surface area contributed by atoms with Crippen LogP contribution in [0.3, 0.4) is 0 Å². The Labute approximate surface area is 145 Å². The van der Waals surface area contributed by atoms with E-state index in [9.17, 15) is 4.79 Å². The summed E-state index contributed by atoms with van der Waals surface area (Å²) in [4.78, 5) is 21.1. The van der Waals surface area contributed by atoms with Crippen LogP contribution in [0.25, 0.3) is 22.0 Å². The molecule has 128 valence electrons. The second-order valence-electron chi connectivity index (χ2n) is 6.38. The molecule has 2 N–H and O–H groups in total. The minimum atomic E-state index is -0.133. The molecule has 0 bridgehead atoms. The van der Waals surface area contributed by atoms with Crippen molar-refractivity contribution in [2.24, 2.45) is 7.05 Å². The van der Waals surface area contributed by atoms with Crippen molar-refractivity contribution in [1.82, 2.24) is 25.1 Å². The van der Waals surface area contributed by atoms with Crippen LogP contribution in [0.1, 0.15) is 19.3 Å². The second-order valence-corrected chi connectivity index (χ2v) is 6.38. The van der Waals surface area contributed by atoms with Gasteiger partial charge >= 0.3 is 0 Å². The van der Waals surface area contributed by atoms with Crippen LogP contribution in [0.2, 0.25) is 0 Å². The Balaban J connectivity index is 1.59. The fourth-order valence-corrected chi connectivity index (χ4v) is 3.12. The third kappa shape index (κ3) is 3.36. The van der Waals surface area contributed by atoms with Crippen LogP contribution in [-0.2, 0) is 11.8 Å². The zero-order valence-electron chi connectivity index (χ0n) is 14.1. The van der Waals surface area contributed by atoms with Gasteiger partial charge in [-0.3, -0.25) is 14.5 Å². The number of nitrogens with zero attached hydrogens (tertiary/aromatic N) is 4.